The SMILES string of the molecule is CCC(CC)CS(=O)(=O)NC(=O)c1ccccc1COC. The van der Waals surface area contributed by atoms with E-state index in [-0.39, 0.29) is 18.3 Å². The Morgan fingerprint density at radius 3 is 2.43 bits per heavy atom. The number of sulfonamides is 1. The first-order valence-corrected chi connectivity index (χ1v) is 8.70. The largest absolute Gasteiger partial charge is 0.380 e. The highest BCUT2D eigenvalue weighted by atomic mass is 32.2. The minimum absolute atomic E-state index is 0.0296. The maximum absolute atomic E-state index is 12.2. The fourth-order valence-corrected chi connectivity index (χ4v) is 3.66. The van der Waals surface area contributed by atoms with Gasteiger partial charge >= 0.3 is 0 Å². The molecule has 0 saturated carbocycles. The van der Waals surface area contributed by atoms with E-state index in [2.05, 4.69) is 4.72 Å². The smallest absolute Gasteiger partial charge is 0.265 e. The van der Waals surface area contributed by atoms with E-state index < -0.39 is 15.9 Å². The summed E-state index contributed by atoms with van der Waals surface area (Å²) in [6.45, 7) is 4.15. The lowest BCUT2D eigenvalue weighted by Gasteiger charge is -2.14. The maximum Gasteiger partial charge on any atom is 0.265 e. The number of rotatable bonds is 8. The Balaban J connectivity index is 2.85. The van der Waals surface area contributed by atoms with Crippen molar-refractivity contribution < 1.29 is 17.9 Å². The highest BCUT2D eigenvalue weighted by Gasteiger charge is 2.21. The summed E-state index contributed by atoms with van der Waals surface area (Å²) in [6, 6.07) is 6.81. The number of nitrogens with one attached hydrogen (secondary N) is 1. The second-order valence-electron chi connectivity index (χ2n) is 4.99. The van der Waals surface area contributed by atoms with Crippen LogP contribution in [-0.4, -0.2) is 27.2 Å². The Hall–Kier alpha value is -1.40. The van der Waals surface area contributed by atoms with E-state index in [4.69, 9.17) is 4.74 Å². The minimum atomic E-state index is -3.62. The van der Waals surface area contributed by atoms with Crippen LogP contribution in [-0.2, 0) is 21.4 Å². The molecule has 5 nitrogen and oxygen atoms in total. The zero-order valence-corrected chi connectivity index (χ0v) is 13.6. The van der Waals surface area contributed by atoms with Crippen molar-refractivity contribution in [3.63, 3.8) is 0 Å². The van der Waals surface area contributed by atoms with Crippen LogP contribution in [0.5, 0.6) is 0 Å². The molecule has 1 N–H and O–H groups in total. The molecule has 0 fully saturated rings. The lowest BCUT2D eigenvalue weighted by molar-refractivity contribution is 0.0976. The molecule has 0 aliphatic carbocycles. The molecule has 1 aromatic carbocycles. The van der Waals surface area contributed by atoms with E-state index in [0.29, 0.717) is 11.1 Å². The fourth-order valence-electron chi connectivity index (χ4n) is 2.10. The van der Waals surface area contributed by atoms with Gasteiger partial charge in [-0.2, -0.15) is 0 Å². The van der Waals surface area contributed by atoms with Gasteiger partial charge in [0, 0.05) is 12.7 Å². The molecule has 0 bridgehead atoms. The van der Waals surface area contributed by atoms with Crippen molar-refractivity contribution in [2.75, 3.05) is 12.9 Å². The van der Waals surface area contributed by atoms with Gasteiger partial charge in [-0.3, -0.25) is 4.79 Å². The van der Waals surface area contributed by atoms with Gasteiger partial charge in [0.25, 0.3) is 5.91 Å². The van der Waals surface area contributed by atoms with E-state index in [1.54, 1.807) is 24.3 Å². The average molecular weight is 313 g/mol. The third kappa shape index (κ3) is 5.47. The molecule has 0 saturated heterocycles. The molecule has 0 aliphatic heterocycles. The zero-order valence-electron chi connectivity index (χ0n) is 12.8. The number of carbonyl (C=O) groups is 1. The van der Waals surface area contributed by atoms with Crippen LogP contribution in [0, 0.1) is 5.92 Å². The number of benzene rings is 1. The van der Waals surface area contributed by atoms with E-state index in [1.807, 2.05) is 13.8 Å². The van der Waals surface area contributed by atoms with Crippen molar-refractivity contribution in [2.24, 2.45) is 5.92 Å². The second-order valence-corrected chi connectivity index (χ2v) is 6.75. The summed E-state index contributed by atoms with van der Waals surface area (Å²) >= 11 is 0. The van der Waals surface area contributed by atoms with Crippen molar-refractivity contribution >= 4 is 15.9 Å². The number of methoxy groups -OCH3 is 1. The third-order valence-corrected chi connectivity index (χ3v) is 4.83. The molecule has 1 amide bonds. The third-order valence-electron chi connectivity index (χ3n) is 3.42. The first-order chi connectivity index (χ1) is 9.93. The summed E-state index contributed by atoms with van der Waals surface area (Å²) in [5.74, 6) is -0.573. The molecule has 0 spiro atoms. The minimum Gasteiger partial charge on any atom is -0.380 e. The molecule has 21 heavy (non-hydrogen) atoms. The van der Waals surface area contributed by atoms with Gasteiger partial charge < -0.3 is 4.74 Å². The first-order valence-electron chi connectivity index (χ1n) is 7.05. The van der Waals surface area contributed by atoms with Crippen molar-refractivity contribution in [1.82, 2.24) is 4.72 Å². The highest BCUT2D eigenvalue weighted by Crippen LogP contribution is 2.13. The van der Waals surface area contributed by atoms with E-state index in [9.17, 15) is 13.2 Å². The van der Waals surface area contributed by atoms with E-state index in [0.717, 1.165) is 12.8 Å². The van der Waals surface area contributed by atoms with Gasteiger partial charge in [-0.05, 0) is 17.5 Å². The zero-order chi connectivity index (χ0) is 15.9. The van der Waals surface area contributed by atoms with Crippen LogP contribution in [0.1, 0.15) is 42.6 Å². The summed E-state index contributed by atoms with van der Waals surface area (Å²) in [6.07, 6.45) is 1.54. The van der Waals surface area contributed by atoms with Crippen LogP contribution < -0.4 is 4.72 Å². The monoisotopic (exact) mass is 313 g/mol. The van der Waals surface area contributed by atoms with Gasteiger partial charge in [-0.15, -0.1) is 0 Å². The fraction of sp³-hybridized carbons (Fsp3) is 0.533. The lowest BCUT2D eigenvalue weighted by Crippen LogP contribution is -2.35. The molecule has 0 aliphatic rings. The van der Waals surface area contributed by atoms with Gasteiger partial charge in [-0.25, -0.2) is 13.1 Å². The summed E-state index contributed by atoms with van der Waals surface area (Å²) in [7, 11) is -2.10. The first kappa shape index (κ1) is 17.7. The normalized spacial score (nSPS) is 11.6. The molecule has 0 unspecified atom stereocenters. The van der Waals surface area contributed by atoms with Crippen molar-refractivity contribution in [2.45, 2.75) is 33.3 Å². The molecular formula is C15H23NO4S. The Labute approximate surface area is 126 Å². The number of hydrogen-bond acceptors (Lipinski definition) is 4. The van der Waals surface area contributed by atoms with Crippen LogP contribution in [0.25, 0.3) is 0 Å². The van der Waals surface area contributed by atoms with Gasteiger partial charge in [0.1, 0.15) is 0 Å². The quantitative estimate of drug-likeness (QED) is 0.799. The Morgan fingerprint density at radius 2 is 1.86 bits per heavy atom. The van der Waals surface area contributed by atoms with Gasteiger partial charge in [0.2, 0.25) is 10.0 Å². The predicted molar refractivity (Wildman–Crippen MR) is 82.5 cm³/mol. The Kier molecular flexibility index (Phi) is 6.84. The predicted octanol–water partition coefficient (Wildman–Crippen LogP) is 2.33. The summed E-state index contributed by atoms with van der Waals surface area (Å²) < 4.78 is 31.3. The van der Waals surface area contributed by atoms with E-state index in [1.165, 1.54) is 7.11 Å². The second kappa shape index (κ2) is 8.14. The summed E-state index contributed by atoms with van der Waals surface area (Å²) in [4.78, 5) is 12.2. The average Bonchev–Trinajstić information content (AvgIpc) is 2.45. The van der Waals surface area contributed by atoms with Gasteiger partial charge in [0.15, 0.2) is 0 Å². The molecule has 1 rings (SSSR count). The highest BCUT2D eigenvalue weighted by molar-refractivity contribution is 7.90. The molecule has 1 aromatic rings. The van der Waals surface area contributed by atoms with Crippen LogP contribution in [0.3, 0.4) is 0 Å². The summed E-state index contributed by atoms with van der Waals surface area (Å²) in [5.41, 5.74) is 0.989. The van der Waals surface area contributed by atoms with Gasteiger partial charge in [0.05, 0.1) is 12.4 Å². The topological polar surface area (TPSA) is 72.5 Å². The Morgan fingerprint density at radius 1 is 1.24 bits per heavy atom. The number of carbonyl (C=O) groups excluding carboxylic acids is 1. The van der Waals surface area contributed by atoms with Crippen molar-refractivity contribution in [3.8, 4) is 0 Å². The van der Waals surface area contributed by atoms with Crippen LogP contribution in [0.15, 0.2) is 24.3 Å². The molecular weight excluding hydrogens is 290 g/mol. The van der Waals surface area contributed by atoms with Crippen molar-refractivity contribution in [3.05, 3.63) is 35.4 Å². The van der Waals surface area contributed by atoms with Crippen LogP contribution in [0.2, 0.25) is 0 Å². The number of hydrogen-bond donors (Lipinski definition) is 1. The van der Waals surface area contributed by atoms with Crippen LogP contribution in [0.4, 0.5) is 0 Å². The molecule has 0 aromatic heterocycles. The lowest BCUT2D eigenvalue weighted by atomic mass is 10.1. The summed E-state index contributed by atoms with van der Waals surface area (Å²) in [5, 5.41) is 0. The molecule has 0 atom stereocenters. The molecule has 0 radical (unpaired) electrons. The van der Waals surface area contributed by atoms with Gasteiger partial charge in [-0.1, -0.05) is 44.9 Å². The molecule has 0 heterocycles. The molecule has 118 valence electrons. The standard InChI is InChI=1S/C15H23NO4S/c1-4-12(5-2)11-21(18,19)16-15(17)14-9-7-6-8-13(14)10-20-3/h6-9,12H,4-5,10-11H2,1-3H3,(H,16,17). The number of amides is 1. The Bertz CT molecular complexity index is 565. The van der Waals surface area contributed by atoms with E-state index >= 15 is 0 Å². The van der Waals surface area contributed by atoms with Crippen molar-refractivity contribution in [1.29, 1.82) is 0 Å². The number of ether oxygens (including phenoxy) is 1. The maximum atomic E-state index is 12.2. The molecule has 6 heteroatoms. The van der Waals surface area contributed by atoms with Crippen LogP contribution >= 0.6 is 0 Å².